The fourth-order valence-electron chi connectivity index (χ4n) is 2.50. The van der Waals surface area contributed by atoms with Crippen LogP contribution in [0.1, 0.15) is 15.9 Å². The molecule has 1 N–H and O–H groups in total. The molecule has 27 heavy (non-hydrogen) atoms. The van der Waals surface area contributed by atoms with Gasteiger partial charge in [0.15, 0.2) is 0 Å². The lowest BCUT2D eigenvalue weighted by atomic mass is 10.1. The summed E-state index contributed by atoms with van der Waals surface area (Å²) in [5.74, 6) is -0.433. The Morgan fingerprint density at radius 3 is 2.48 bits per heavy atom. The lowest BCUT2D eigenvalue weighted by molar-refractivity contribution is 0.102. The van der Waals surface area contributed by atoms with E-state index in [4.69, 9.17) is 4.52 Å². The largest absolute Gasteiger partial charge is 0.363 e. The summed E-state index contributed by atoms with van der Waals surface area (Å²) in [4.78, 5) is 12.8. The summed E-state index contributed by atoms with van der Waals surface area (Å²) in [5, 5.41) is 6.67. The number of aryl methyl sites for hydroxylation is 1. The molecule has 1 amide bonds. The molecule has 0 fully saturated rings. The van der Waals surface area contributed by atoms with Gasteiger partial charge >= 0.3 is 0 Å². The van der Waals surface area contributed by atoms with Gasteiger partial charge in [0.05, 0.1) is 4.90 Å². The Hall–Kier alpha value is -2.97. The Labute approximate surface area is 157 Å². The summed E-state index contributed by atoms with van der Waals surface area (Å²) < 4.78 is 30.8. The molecule has 3 aromatic rings. The normalized spacial score (nSPS) is 11.6. The summed E-state index contributed by atoms with van der Waals surface area (Å²) in [7, 11) is -0.696. The Kier molecular flexibility index (Phi) is 5.11. The van der Waals surface area contributed by atoms with E-state index >= 15 is 0 Å². The molecule has 0 aliphatic rings. The Morgan fingerprint density at radius 1 is 1.11 bits per heavy atom. The fraction of sp³-hybridized carbons (Fsp3) is 0.158. The van der Waals surface area contributed by atoms with E-state index < -0.39 is 15.9 Å². The Bertz CT molecular complexity index is 1070. The van der Waals surface area contributed by atoms with Crippen molar-refractivity contribution in [2.75, 3.05) is 19.4 Å². The van der Waals surface area contributed by atoms with E-state index in [-0.39, 0.29) is 10.5 Å². The number of hydrogen-bond acceptors (Lipinski definition) is 5. The van der Waals surface area contributed by atoms with Gasteiger partial charge in [0.1, 0.15) is 17.5 Å². The topological polar surface area (TPSA) is 92.5 Å². The summed E-state index contributed by atoms with van der Waals surface area (Å²) in [6.45, 7) is 1.79. The minimum absolute atomic E-state index is 0.0991. The van der Waals surface area contributed by atoms with Gasteiger partial charge in [0.25, 0.3) is 5.91 Å². The molecule has 8 heteroatoms. The number of hydrogen-bond donors (Lipinski definition) is 1. The molecule has 1 aromatic heterocycles. The first-order chi connectivity index (χ1) is 12.8. The molecule has 0 saturated carbocycles. The van der Waals surface area contributed by atoms with Crippen molar-refractivity contribution < 1.29 is 17.7 Å². The highest BCUT2D eigenvalue weighted by Gasteiger charge is 2.21. The second-order valence-corrected chi connectivity index (χ2v) is 8.31. The number of nitrogens with zero attached hydrogens (tertiary/aromatic N) is 2. The third-order valence-corrected chi connectivity index (χ3v) is 5.91. The van der Waals surface area contributed by atoms with Crippen LogP contribution in [0.15, 0.2) is 64.2 Å². The van der Waals surface area contributed by atoms with Crippen LogP contribution in [0.4, 0.5) is 5.69 Å². The van der Waals surface area contributed by atoms with E-state index in [0.717, 1.165) is 15.4 Å². The highest BCUT2D eigenvalue weighted by molar-refractivity contribution is 7.89. The second-order valence-electron chi connectivity index (χ2n) is 6.16. The average Bonchev–Trinajstić information content (AvgIpc) is 3.14. The quantitative estimate of drug-likeness (QED) is 0.728. The molecule has 0 spiro atoms. The first-order valence-corrected chi connectivity index (χ1v) is 9.59. The zero-order valence-corrected chi connectivity index (χ0v) is 15.9. The van der Waals surface area contributed by atoms with Gasteiger partial charge in [-0.2, -0.15) is 0 Å². The molecule has 1 heterocycles. The van der Waals surface area contributed by atoms with Gasteiger partial charge in [-0.25, -0.2) is 12.7 Å². The number of nitrogens with one attached hydrogen (secondary N) is 1. The lowest BCUT2D eigenvalue weighted by Gasteiger charge is -2.14. The summed E-state index contributed by atoms with van der Waals surface area (Å²) in [6.07, 6.45) is 1.27. The first kappa shape index (κ1) is 18.8. The number of carbonyl (C=O) groups excluding carboxylic acids is 1. The van der Waals surface area contributed by atoms with Crippen LogP contribution in [-0.2, 0) is 10.0 Å². The summed E-state index contributed by atoms with van der Waals surface area (Å²) >= 11 is 0. The molecule has 2 aromatic carbocycles. The number of rotatable bonds is 5. The fourth-order valence-corrected chi connectivity index (χ4v) is 3.43. The van der Waals surface area contributed by atoms with Crippen molar-refractivity contribution in [1.82, 2.24) is 9.46 Å². The van der Waals surface area contributed by atoms with Gasteiger partial charge in [-0.05, 0) is 24.6 Å². The van der Waals surface area contributed by atoms with Crippen LogP contribution in [-0.4, -0.2) is 37.9 Å². The first-order valence-electron chi connectivity index (χ1n) is 8.15. The number of sulfonamides is 1. The van der Waals surface area contributed by atoms with Gasteiger partial charge in [-0.3, -0.25) is 4.79 Å². The molecule has 0 unspecified atom stereocenters. The number of anilines is 1. The van der Waals surface area contributed by atoms with Crippen LogP contribution >= 0.6 is 0 Å². The smallest absolute Gasteiger partial charge is 0.261 e. The molecule has 0 saturated heterocycles. The van der Waals surface area contributed by atoms with Gasteiger partial charge < -0.3 is 9.84 Å². The highest BCUT2D eigenvalue weighted by Crippen LogP contribution is 2.25. The van der Waals surface area contributed by atoms with Crippen LogP contribution in [0.5, 0.6) is 0 Å². The minimum atomic E-state index is -3.61. The van der Waals surface area contributed by atoms with Crippen LogP contribution < -0.4 is 5.32 Å². The molecule has 7 nitrogen and oxygen atoms in total. The zero-order valence-electron chi connectivity index (χ0n) is 15.1. The molecule has 0 atom stereocenters. The number of benzene rings is 2. The molecule has 0 aliphatic carbocycles. The third kappa shape index (κ3) is 3.76. The van der Waals surface area contributed by atoms with Gasteiger partial charge in [-0.1, -0.05) is 41.6 Å². The van der Waals surface area contributed by atoms with Crippen molar-refractivity contribution in [1.29, 1.82) is 0 Å². The van der Waals surface area contributed by atoms with Crippen molar-refractivity contribution in [3.05, 3.63) is 65.9 Å². The SMILES string of the molecule is Cc1ccc(S(=O)(=O)N(C)C)cc1NC(=O)c1conc1-c1ccccc1. The lowest BCUT2D eigenvalue weighted by Crippen LogP contribution is -2.22. The molecular formula is C19H19N3O4S. The van der Waals surface area contributed by atoms with Crippen molar-refractivity contribution in [3.63, 3.8) is 0 Å². The molecule has 3 rings (SSSR count). The molecule has 0 aliphatic heterocycles. The summed E-state index contributed by atoms with van der Waals surface area (Å²) in [6, 6.07) is 13.8. The van der Waals surface area contributed by atoms with Crippen molar-refractivity contribution >= 4 is 21.6 Å². The number of carbonyl (C=O) groups is 1. The Balaban J connectivity index is 1.93. The van der Waals surface area contributed by atoms with Crippen molar-refractivity contribution in [2.24, 2.45) is 0 Å². The standard InChI is InChI=1S/C19H19N3O4S/c1-13-9-10-15(27(24,25)22(2)3)11-17(13)20-19(23)16-12-26-21-18(16)14-7-5-4-6-8-14/h4-12H,1-3H3,(H,20,23). The predicted octanol–water partition coefficient (Wildman–Crippen LogP) is 3.15. The van der Waals surface area contributed by atoms with Crippen LogP contribution in [0.2, 0.25) is 0 Å². The van der Waals surface area contributed by atoms with E-state index in [1.54, 1.807) is 13.0 Å². The van der Waals surface area contributed by atoms with Gasteiger partial charge in [0, 0.05) is 25.3 Å². The number of aromatic nitrogens is 1. The maximum absolute atomic E-state index is 12.7. The van der Waals surface area contributed by atoms with Crippen molar-refractivity contribution in [3.8, 4) is 11.3 Å². The van der Waals surface area contributed by atoms with Gasteiger partial charge in [0.2, 0.25) is 10.0 Å². The minimum Gasteiger partial charge on any atom is -0.363 e. The zero-order chi connectivity index (χ0) is 19.6. The van der Waals surface area contributed by atoms with Crippen LogP contribution in [0, 0.1) is 6.92 Å². The molecule has 140 valence electrons. The monoisotopic (exact) mass is 385 g/mol. The predicted molar refractivity (Wildman–Crippen MR) is 102 cm³/mol. The third-order valence-electron chi connectivity index (χ3n) is 4.10. The van der Waals surface area contributed by atoms with Gasteiger partial charge in [-0.15, -0.1) is 0 Å². The van der Waals surface area contributed by atoms with E-state index in [2.05, 4.69) is 10.5 Å². The molecular weight excluding hydrogens is 366 g/mol. The summed E-state index contributed by atoms with van der Waals surface area (Å²) in [5.41, 5.74) is 2.57. The van der Waals surface area contributed by atoms with Crippen LogP contribution in [0.25, 0.3) is 11.3 Å². The van der Waals surface area contributed by atoms with E-state index in [0.29, 0.717) is 11.4 Å². The second kappa shape index (κ2) is 7.34. The molecule has 0 radical (unpaired) electrons. The highest BCUT2D eigenvalue weighted by atomic mass is 32.2. The Morgan fingerprint density at radius 2 is 1.81 bits per heavy atom. The number of amides is 1. The van der Waals surface area contributed by atoms with Crippen LogP contribution in [0.3, 0.4) is 0 Å². The maximum Gasteiger partial charge on any atom is 0.261 e. The van der Waals surface area contributed by atoms with E-state index in [1.165, 1.54) is 32.5 Å². The maximum atomic E-state index is 12.7. The average molecular weight is 385 g/mol. The van der Waals surface area contributed by atoms with E-state index in [9.17, 15) is 13.2 Å². The molecule has 0 bridgehead atoms. The van der Waals surface area contributed by atoms with Crippen molar-refractivity contribution in [2.45, 2.75) is 11.8 Å². The van der Waals surface area contributed by atoms with E-state index in [1.807, 2.05) is 30.3 Å².